The van der Waals surface area contributed by atoms with Gasteiger partial charge in [0.1, 0.15) is 5.82 Å². The smallest absolute Gasteiger partial charge is 0.106 e. The number of imidazole rings is 1. The van der Waals surface area contributed by atoms with Crippen molar-refractivity contribution in [3.63, 3.8) is 0 Å². The Kier molecular flexibility index (Phi) is 3.44. The van der Waals surface area contributed by atoms with Crippen molar-refractivity contribution in [1.82, 2.24) is 14.9 Å². The maximum Gasteiger partial charge on any atom is 0.106 e. The van der Waals surface area contributed by atoms with Crippen LogP contribution in [0.1, 0.15) is 37.7 Å². The highest BCUT2D eigenvalue weighted by Gasteiger charge is 2.20. The van der Waals surface area contributed by atoms with Crippen LogP contribution in [0.25, 0.3) is 0 Å². The van der Waals surface area contributed by atoms with Gasteiger partial charge in [0.05, 0.1) is 5.69 Å². The highest BCUT2D eigenvalue weighted by atomic mass is 15.1. The van der Waals surface area contributed by atoms with Gasteiger partial charge in [0.25, 0.3) is 0 Å². The van der Waals surface area contributed by atoms with Gasteiger partial charge >= 0.3 is 0 Å². The van der Waals surface area contributed by atoms with E-state index in [-0.39, 0.29) is 0 Å². The molecule has 1 aliphatic rings. The predicted octanol–water partition coefficient (Wildman–Crippen LogP) is 2.41. The van der Waals surface area contributed by atoms with Gasteiger partial charge in [-0.3, -0.25) is 0 Å². The van der Waals surface area contributed by atoms with Gasteiger partial charge in [-0.25, -0.2) is 4.98 Å². The van der Waals surface area contributed by atoms with Crippen LogP contribution in [0.2, 0.25) is 0 Å². The Morgan fingerprint density at radius 3 is 3.00 bits per heavy atom. The molecule has 3 nitrogen and oxygen atoms in total. The summed E-state index contributed by atoms with van der Waals surface area (Å²) in [6, 6.07) is 0.748. The zero-order valence-corrected chi connectivity index (χ0v) is 10.3. The molecule has 1 aromatic rings. The molecule has 3 heteroatoms. The fraction of sp³-hybridized carbons (Fsp3) is 0.615. The summed E-state index contributed by atoms with van der Waals surface area (Å²) in [5.74, 6) is 1.09. The first-order chi connectivity index (χ1) is 7.70. The monoisotopic (exact) mass is 219 g/mol. The number of aryl methyl sites for hydroxylation is 1. The molecule has 1 fully saturated rings. The minimum Gasteiger partial charge on any atom is -0.327 e. The molecule has 0 amide bonds. The van der Waals surface area contributed by atoms with Crippen LogP contribution in [0, 0.1) is 6.92 Å². The molecule has 0 radical (unpaired) electrons. The van der Waals surface area contributed by atoms with Crippen molar-refractivity contribution < 1.29 is 0 Å². The Bertz CT molecular complexity index is 375. The van der Waals surface area contributed by atoms with E-state index in [0.29, 0.717) is 0 Å². The minimum absolute atomic E-state index is 0.748. The van der Waals surface area contributed by atoms with Crippen LogP contribution in [0.4, 0.5) is 0 Å². The summed E-state index contributed by atoms with van der Waals surface area (Å²) in [7, 11) is 0. The van der Waals surface area contributed by atoms with Crippen molar-refractivity contribution in [2.75, 3.05) is 0 Å². The third kappa shape index (κ3) is 2.73. The molecular weight excluding hydrogens is 198 g/mol. The zero-order valence-electron chi connectivity index (χ0n) is 10.3. The first-order valence-electron chi connectivity index (χ1n) is 6.11. The average molecular weight is 219 g/mol. The van der Waals surface area contributed by atoms with Crippen molar-refractivity contribution in [2.45, 2.75) is 52.2 Å². The van der Waals surface area contributed by atoms with Crippen molar-refractivity contribution >= 4 is 0 Å². The number of aromatic nitrogens is 2. The third-order valence-electron chi connectivity index (χ3n) is 3.17. The van der Waals surface area contributed by atoms with E-state index in [1.807, 2.05) is 6.20 Å². The van der Waals surface area contributed by atoms with Crippen LogP contribution < -0.4 is 5.32 Å². The average Bonchev–Trinajstić information content (AvgIpc) is 3.04. The lowest BCUT2D eigenvalue weighted by Gasteiger charge is -2.11. The van der Waals surface area contributed by atoms with Gasteiger partial charge in [-0.1, -0.05) is 19.1 Å². The van der Waals surface area contributed by atoms with Crippen molar-refractivity contribution in [3.05, 3.63) is 29.9 Å². The van der Waals surface area contributed by atoms with E-state index >= 15 is 0 Å². The molecule has 1 saturated carbocycles. The second kappa shape index (κ2) is 4.83. The Morgan fingerprint density at radius 1 is 1.62 bits per heavy atom. The van der Waals surface area contributed by atoms with Gasteiger partial charge in [-0.2, -0.15) is 0 Å². The van der Waals surface area contributed by atoms with Crippen molar-refractivity contribution in [1.29, 1.82) is 0 Å². The summed E-state index contributed by atoms with van der Waals surface area (Å²) in [6.45, 7) is 10.1. The standard InChI is InChI=1S/C13H21N3/c1-4-10(2)9-16-11(3)14-7-13(16)8-15-12-5-6-12/h7,12,15H,2,4-6,8-9H2,1,3H3. The lowest BCUT2D eigenvalue weighted by molar-refractivity contribution is 0.619. The molecule has 1 heterocycles. The number of rotatable bonds is 6. The van der Waals surface area contributed by atoms with E-state index in [1.165, 1.54) is 24.1 Å². The fourth-order valence-electron chi connectivity index (χ4n) is 1.74. The summed E-state index contributed by atoms with van der Waals surface area (Å²) >= 11 is 0. The Labute approximate surface area is 97.6 Å². The molecule has 2 rings (SSSR count). The van der Waals surface area contributed by atoms with Gasteiger partial charge in [0, 0.05) is 25.3 Å². The summed E-state index contributed by atoms with van der Waals surface area (Å²) < 4.78 is 2.27. The molecule has 0 aliphatic heterocycles. The van der Waals surface area contributed by atoms with Gasteiger partial charge in [0.15, 0.2) is 0 Å². The maximum atomic E-state index is 4.38. The highest BCUT2D eigenvalue weighted by molar-refractivity contribution is 5.09. The van der Waals surface area contributed by atoms with Crippen LogP contribution in [0.15, 0.2) is 18.3 Å². The van der Waals surface area contributed by atoms with Gasteiger partial charge in [-0.15, -0.1) is 0 Å². The van der Waals surface area contributed by atoms with E-state index in [4.69, 9.17) is 0 Å². The first-order valence-corrected chi connectivity index (χ1v) is 6.11. The van der Waals surface area contributed by atoms with Gasteiger partial charge < -0.3 is 9.88 Å². The number of nitrogens with one attached hydrogen (secondary N) is 1. The second-order valence-corrected chi connectivity index (χ2v) is 4.64. The van der Waals surface area contributed by atoms with Crippen LogP contribution >= 0.6 is 0 Å². The summed E-state index contributed by atoms with van der Waals surface area (Å²) in [6.07, 6.45) is 5.67. The zero-order chi connectivity index (χ0) is 11.5. The van der Waals surface area contributed by atoms with E-state index in [1.54, 1.807) is 0 Å². The Morgan fingerprint density at radius 2 is 2.38 bits per heavy atom. The third-order valence-corrected chi connectivity index (χ3v) is 3.17. The quantitative estimate of drug-likeness (QED) is 0.745. The fourth-order valence-corrected chi connectivity index (χ4v) is 1.74. The first kappa shape index (κ1) is 11.4. The lowest BCUT2D eigenvalue weighted by atomic mass is 10.2. The molecule has 0 aromatic carbocycles. The van der Waals surface area contributed by atoms with E-state index in [2.05, 4.69) is 35.3 Å². The lowest BCUT2D eigenvalue weighted by Crippen LogP contribution is -2.18. The molecule has 0 atom stereocenters. The number of hydrogen-bond acceptors (Lipinski definition) is 2. The Hall–Kier alpha value is -1.09. The van der Waals surface area contributed by atoms with Crippen molar-refractivity contribution in [3.8, 4) is 0 Å². The SMILES string of the molecule is C=C(CC)Cn1c(CNC2CC2)cnc1C. The predicted molar refractivity (Wildman–Crippen MR) is 66.3 cm³/mol. The van der Waals surface area contributed by atoms with E-state index < -0.39 is 0 Å². The molecule has 1 N–H and O–H groups in total. The van der Waals surface area contributed by atoms with E-state index in [0.717, 1.165) is 31.4 Å². The number of hydrogen-bond donors (Lipinski definition) is 1. The minimum atomic E-state index is 0.748. The largest absolute Gasteiger partial charge is 0.327 e. The van der Waals surface area contributed by atoms with Crippen LogP contribution in [0.5, 0.6) is 0 Å². The molecular formula is C13H21N3. The molecule has 0 bridgehead atoms. The van der Waals surface area contributed by atoms with Gasteiger partial charge in [0.2, 0.25) is 0 Å². The highest BCUT2D eigenvalue weighted by Crippen LogP contribution is 2.19. The molecule has 1 aliphatic carbocycles. The molecule has 0 saturated heterocycles. The second-order valence-electron chi connectivity index (χ2n) is 4.64. The van der Waals surface area contributed by atoms with Crippen LogP contribution in [-0.4, -0.2) is 15.6 Å². The summed E-state index contributed by atoms with van der Waals surface area (Å²) in [4.78, 5) is 4.38. The van der Waals surface area contributed by atoms with Gasteiger partial charge in [-0.05, 0) is 26.2 Å². The number of nitrogens with zero attached hydrogens (tertiary/aromatic N) is 2. The molecule has 16 heavy (non-hydrogen) atoms. The normalized spacial score (nSPS) is 15.4. The maximum absolute atomic E-state index is 4.38. The van der Waals surface area contributed by atoms with E-state index in [9.17, 15) is 0 Å². The molecule has 88 valence electrons. The Balaban J connectivity index is 2.01. The molecule has 0 spiro atoms. The van der Waals surface area contributed by atoms with Crippen LogP contribution in [0.3, 0.4) is 0 Å². The summed E-state index contributed by atoms with van der Waals surface area (Å²) in [5, 5.41) is 3.53. The van der Waals surface area contributed by atoms with Crippen LogP contribution in [-0.2, 0) is 13.1 Å². The topological polar surface area (TPSA) is 29.9 Å². The molecule has 0 unspecified atom stereocenters. The van der Waals surface area contributed by atoms with Crippen molar-refractivity contribution in [2.24, 2.45) is 0 Å². The molecule has 1 aromatic heterocycles. The summed E-state index contributed by atoms with van der Waals surface area (Å²) in [5.41, 5.74) is 2.53. The number of allylic oxidation sites excluding steroid dienone is 1.